The number of esters is 1. The highest BCUT2D eigenvalue weighted by molar-refractivity contribution is 5.76. The standard InChI is InChI=1S/C56H107NO5/c1-3-5-7-9-11-13-14-15-23-27-30-34-38-42-46-50-56(61)62-51-47-43-39-35-31-28-25-22-20-18-16-17-19-21-24-26-29-33-37-41-45-49-55(60)57-53(52-58)54(59)48-44-40-36-32-12-10-8-6-4-2/h28,31,39,43,53-54,58-59H,3-27,29-30,32-38,40-42,44-52H2,1-2H3,(H,57,60)/b31-28-,43-39-. The number of aliphatic hydroxyl groups excluding tert-OH is 2. The molecule has 2 atom stereocenters. The molecular weight excluding hydrogens is 767 g/mol. The number of hydrogen-bond donors (Lipinski definition) is 3. The molecule has 0 rings (SSSR count). The molecule has 0 aliphatic heterocycles. The maximum atomic E-state index is 12.4. The van der Waals surface area contributed by atoms with Gasteiger partial charge in [0.05, 0.1) is 25.4 Å². The second-order valence-electron chi connectivity index (χ2n) is 18.9. The first-order valence-electron chi connectivity index (χ1n) is 27.6. The predicted octanol–water partition coefficient (Wildman–Crippen LogP) is 16.7. The number of rotatable bonds is 51. The van der Waals surface area contributed by atoms with E-state index in [-0.39, 0.29) is 18.5 Å². The summed E-state index contributed by atoms with van der Waals surface area (Å²) >= 11 is 0. The summed E-state index contributed by atoms with van der Waals surface area (Å²) in [5.41, 5.74) is 0. The van der Waals surface area contributed by atoms with Crippen molar-refractivity contribution in [2.24, 2.45) is 0 Å². The van der Waals surface area contributed by atoms with Gasteiger partial charge in [-0.2, -0.15) is 0 Å². The molecule has 0 heterocycles. The number of allylic oxidation sites excluding steroid dienone is 3. The minimum Gasteiger partial charge on any atom is -0.465 e. The highest BCUT2D eigenvalue weighted by atomic mass is 16.5. The van der Waals surface area contributed by atoms with Crippen LogP contribution in [0.3, 0.4) is 0 Å². The first-order chi connectivity index (χ1) is 30.5. The average molecular weight is 874 g/mol. The fourth-order valence-electron chi connectivity index (χ4n) is 8.54. The fraction of sp³-hybridized carbons (Fsp3) is 0.893. The lowest BCUT2D eigenvalue weighted by Crippen LogP contribution is -2.45. The molecular formula is C56H107NO5. The van der Waals surface area contributed by atoms with Gasteiger partial charge in [0.2, 0.25) is 5.91 Å². The zero-order valence-corrected chi connectivity index (χ0v) is 41.6. The van der Waals surface area contributed by atoms with Crippen molar-refractivity contribution in [3.63, 3.8) is 0 Å². The Kier molecular flexibility index (Phi) is 50.6. The monoisotopic (exact) mass is 874 g/mol. The van der Waals surface area contributed by atoms with E-state index in [1.165, 1.54) is 212 Å². The number of carbonyl (C=O) groups excluding carboxylic acids is 2. The molecule has 6 nitrogen and oxygen atoms in total. The number of ether oxygens (including phenoxy) is 1. The summed E-state index contributed by atoms with van der Waals surface area (Å²) in [4.78, 5) is 24.4. The van der Waals surface area contributed by atoms with Gasteiger partial charge in [0, 0.05) is 12.8 Å². The Labute approximate surface area is 386 Å². The zero-order valence-electron chi connectivity index (χ0n) is 41.6. The van der Waals surface area contributed by atoms with Crippen molar-refractivity contribution in [2.45, 2.75) is 309 Å². The molecule has 0 aromatic rings. The zero-order chi connectivity index (χ0) is 45.1. The van der Waals surface area contributed by atoms with Crippen LogP contribution in [-0.4, -0.2) is 47.4 Å². The predicted molar refractivity (Wildman–Crippen MR) is 269 cm³/mol. The van der Waals surface area contributed by atoms with E-state index in [0.717, 1.165) is 51.4 Å². The Balaban J connectivity index is 3.42. The van der Waals surface area contributed by atoms with Crippen LogP contribution in [0.4, 0.5) is 0 Å². The van der Waals surface area contributed by atoms with Gasteiger partial charge >= 0.3 is 5.97 Å². The van der Waals surface area contributed by atoms with E-state index in [0.29, 0.717) is 25.9 Å². The molecule has 3 N–H and O–H groups in total. The van der Waals surface area contributed by atoms with Gasteiger partial charge in [0.1, 0.15) is 0 Å². The number of hydrogen-bond acceptors (Lipinski definition) is 5. The van der Waals surface area contributed by atoms with Gasteiger partial charge in [0.25, 0.3) is 0 Å². The largest absolute Gasteiger partial charge is 0.465 e. The number of nitrogens with one attached hydrogen (secondary N) is 1. The van der Waals surface area contributed by atoms with Gasteiger partial charge in [-0.25, -0.2) is 0 Å². The Bertz CT molecular complexity index is 966. The minimum atomic E-state index is -0.665. The summed E-state index contributed by atoms with van der Waals surface area (Å²) in [6.45, 7) is 4.83. The molecule has 0 saturated carbocycles. The molecule has 0 aliphatic rings. The second kappa shape index (κ2) is 52.0. The quantitative estimate of drug-likeness (QED) is 0.0321. The third kappa shape index (κ3) is 47.8. The van der Waals surface area contributed by atoms with Gasteiger partial charge in [-0.3, -0.25) is 9.59 Å². The number of amides is 1. The molecule has 6 heteroatoms. The van der Waals surface area contributed by atoms with Gasteiger partial charge < -0.3 is 20.3 Å². The van der Waals surface area contributed by atoms with E-state index in [1.54, 1.807) is 0 Å². The molecule has 0 bridgehead atoms. The third-order valence-corrected chi connectivity index (χ3v) is 12.8. The second-order valence-corrected chi connectivity index (χ2v) is 18.9. The average Bonchev–Trinajstić information content (AvgIpc) is 3.27. The van der Waals surface area contributed by atoms with Gasteiger partial charge in [-0.15, -0.1) is 0 Å². The van der Waals surface area contributed by atoms with Crippen molar-refractivity contribution in [1.82, 2.24) is 5.32 Å². The van der Waals surface area contributed by atoms with Crippen LogP contribution in [0.2, 0.25) is 0 Å². The Morgan fingerprint density at radius 2 is 0.806 bits per heavy atom. The van der Waals surface area contributed by atoms with Crippen molar-refractivity contribution in [2.75, 3.05) is 13.2 Å². The van der Waals surface area contributed by atoms with E-state index in [9.17, 15) is 19.8 Å². The molecule has 0 aromatic carbocycles. The Morgan fingerprint density at radius 3 is 1.23 bits per heavy atom. The van der Waals surface area contributed by atoms with Crippen LogP contribution in [0.1, 0.15) is 296 Å². The van der Waals surface area contributed by atoms with E-state index in [4.69, 9.17) is 4.74 Å². The molecule has 62 heavy (non-hydrogen) atoms. The summed E-state index contributed by atoms with van der Waals surface area (Å²) in [5.74, 6) is -0.0744. The number of carbonyl (C=O) groups is 2. The van der Waals surface area contributed by atoms with E-state index < -0.39 is 12.1 Å². The van der Waals surface area contributed by atoms with Crippen LogP contribution in [0.5, 0.6) is 0 Å². The topological polar surface area (TPSA) is 95.9 Å². The van der Waals surface area contributed by atoms with Gasteiger partial charge in [-0.05, 0) is 44.9 Å². The minimum absolute atomic E-state index is 0.0325. The van der Waals surface area contributed by atoms with Gasteiger partial charge in [0.15, 0.2) is 0 Å². The molecule has 1 amide bonds. The van der Waals surface area contributed by atoms with Crippen LogP contribution in [0.15, 0.2) is 24.3 Å². The molecule has 2 unspecified atom stereocenters. The van der Waals surface area contributed by atoms with E-state index in [1.807, 2.05) is 0 Å². The summed E-state index contributed by atoms with van der Waals surface area (Å²) < 4.78 is 5.42. The normalized spacial score (nSPS) is 12.8. The maximum absolute atomic E-state index is 12.4. The van der Waals surface area contributed by atoms with Crippen molar-refractivity contribution in [3.8, 4) is 0 Å². The van der Waals surface area contributed by atoms with Crippen LogP contribution < -0.4 is 5.32 Å². The highest BCUT2D eigenvalue weighted by Gasteiger charge is 2.20. The maximum Gasteiger partial charge on any atom is 0.305 e. The smallest absolute Gasteiger partial charge is 0.305 e. The van der Waals surface area contributed by atoms with Crippen molar-refractivity contribution >= 4 is 11.9 Å². The summed E-state index contributed by atoms with van der Waals surface area (Å²) in [5, 5.41) is 23.1. The number of aliphatic hydroxyl groups is 2. The Morgan fingerprint density at radius 1 is 0.452 bits per heavy atom. The lowest BCUT2D eigenvalue weighted by atomic mass is 10.0. The van der Waals surface area contributed by atoms with Crippen LogP contribution in [-0.2, 0) is 14.3 Å². The molecule has 0 fully saturated rings. The molecule has 0 aliphatic carbocycles. The Hall–Kier alpha value is -1.66. The first kappa shape index (κ1) is 60.3. The van der Waals surface area contributed by atoms with Crippen molar-refractivity contribution < 1.29 is 24.5 Å². The molecule has 0 aromatic heterocycles. The van der Waals surface area contributed by atoms with Crippen molar-refractivity contribution in [1.29, 1.82) is 0 Å². The van der Waals surface area contributed by atoms with Gasteiger partial charge in [-0.1, -0.05) is 263 Å². The molecule has 0 saturated heterocycles. The first-order valence-corrected chi connectivity index (χ1v) is 27.6. The molecule has 0 spiro atoms. The fourth-order valence-corrected chi connectivity index (χ4v) is 8.54. The van der Waals surface area contributed by atoms with Crippen molar-refractivity contribution in [3.05, 3.63) is 24.3 Å². The number of unbranched alkanes of at least 4 members (excludes halogenated alkanes) is 36. The van der Waals surface area contributed by atoms with Crippen LogP contribution in [0, 0.1) is 0 Å². The van der Waals surface area contributed by atoms with Crippen LogP contribution in [0.25, 0.3) is 0 Å². The van der Waals surface area contributed by atoms with Crippen LogP contribution >= 0.6 is 0 Å². The van der Waals surface area contributed by atoms with E-state index >= 15 is 0 Å². The highest BCUT2D eigenvalue weighted by Crippen LogP contribution is 2.17. The molecule has 366 valence electrons. The molecule has 0 radical (unpaired) electrons. The summed E-state index contributed by atoms with van der Waals surface area (Å²) in [7, 11) is 0. The SMILES string of the molecule is CCCCCCCCCCCCCCCCCC(=O)OCC/C=C\C/C=C\CCCCCCCCCCCCCCCCC(=O)NC(CO)C(O)CCCCCCCCCCC. The summed E-state index contributed by atoms with van der Waals surface area (Å²) in [6.07, 6.45) is 61.9. The van der Waals surface area contributed by atoms with E-state index in [2.05, 4.69) is 43.5 Å². The lowest BCUT2D eigenvalue weighted by molar-refractivity contribution is -0.143. The third-order valence-electron chi connectivity index (χ3n) is 12.8. The lowest BCUT2D eigenvalue weighted by Gasteiger charge is -2.22. The summed E-state index contributed by atoms with van der Waals surface area (Å²) in [6, 6.07) is -0.542.